The van der Waals surface area contributed by atoms with Crippen LogP contribution in [0.25, 0.3) is 0 Å². The monoisotopic (exact) mass is 240 g/mol. The minimum atomic E-state index is -0.101. The number of esters is 1. The van der Waals surface area contributed by atoms with Crippen LogP contribution in [0.5, 0.6) is 0 Å². The number of hydrogen-bond acceptors (Lipinski definition) is 4. The molecule has 0 amide bonds. The molecule has 1 aliphatic carbocycles. The number of carbonyl (C=O) groups excluding carboxylic acids is 1. The highest BCUT2D eigenvalue weighted by Gasteiger charge is 2.32. The van der Waals surface area contributed by atoms with E-state index in [0.717, 1.165) is 19.5 Å². The summed E-state index contributed by atoms with van der Waals surface area (Å²) < 4.78 is 4.75. The van der Waals surface area contributed by atoms with E-state index >= 15 is 0 Å². The van der Waals surface area contributed by atoms with E-state index in [1.807, 2.05) is 0 Å². The van der Waals surface area contributed by atoms with Gasteiger partial charge in [-0.15, -0.1) is 0 Å². The maximum Gasteiger partial charge on any atom is 0.305 e. The van der Waals surface area contributed by atoms with Crippen molar-refractivity contribution in [3.05, 3.63) is 0 Å². The molecule has 2 aliphatic rings. The summed E-state index contributed by atoms with van der Waals surface area (Å²) in [5.74, 6) is 0.280. The Labute approximate surface area is 103 Å². The predicted octanol–water partition coefficient (Wildman–Crippen LogP) is 1.14. The molecule has 98 valence electrons. The van der Waals surface area contributed by atoms with Crippen molar-refractivity contribution < 1.29 is 9.53 Å². The lowest BCUT2D eigenvalue weighted by molar-refractivity contribution is -0.142. The van der Waals surface area contributed by atoms with Crippen LogP contribution in [0.2, 0.25) is 0 Å². The number of nitrogens with two attached hydrogens (primary N) is 1. The van der Waals surface area contributed by atoms with Crippen molar-refractivity contribution in [1.29, 1.82) is 0 Å². The van der Waals surface area contributed by atoms with Crippen LogP contribution in [0, 0.1) is 5.92 Å². The van der Waals surface area contributed by atoms with Gasteiger partial charge >= 0.3 is 5.97 Å². The highest BCUT2D eigenvalue weighted by molar-refractivity contribution is 5.69. The second-order valence-corrected chi connectivity index (χ2v) is 5.53. The Morgan fingerprint density at radius 3 is 2.71 bits per heavy atom. The van der Waals surface area contributed by atoms with Crippen LogP contribution in [-0.4, -0.2) is 43.2 Å². The molecule has 0 aromatic carbocycles. The summed E-state index contributed by atoms with van der Waals surface area (Å²) in [5, 5.41) is 0. The average Bonchev–Trinajstić information content (AvgIpc) is 2.81. The first kappa shape index (κ1) is 12.8. The van der Waals surface area contributed by atoms with Gasteiger partial charge in [0.1, 0.15) is 0 Å². The normalized spacial score (nSPS) is 31.6. The highest BCUT2D eigenvalue weighted by atomic mass is 16.5. The largest absolute Gasteiger partial charge is 0.469 e. The Balaban J connectivity index is 1.88. The van der Waals surface area contributed by atoms with Gasteiger partial charge in [0.25, 0.3) is 0 Å². The molecule has 0 aromatic heterocycles. The zero-order chi connectivity index (χ0) is 12.3. The number of hydrogen-bond donors (Lipinski definition) is 1. The quantitative estimate of drug-likeness (QED) is 0.752. The lowest BCUT2D eigenvalue weighted by Gasteiger charge is -2.39. The number of likely N-dealkylation sites (tertiary alicyclic amines) is 1. The van der Waals surface area contributed by atoms with E-state index in [0.29, 0.717) is 18.4 Å². The standard InChI is InChI=1S/C13H24N2O2/c1-17-13(16)7-10-6-11(14)9-15(8-10)12-4-2-3-5-12/h10-12H,2-9,14H2,1H3. The van der Waals surface area contributed by atoms with Crippen LogP contribution >= 0.6 is 0 Å². The second-order valence-electron chi connectivity index (χ2n) is 5.53. The molecule has 1 saturated carbocycles. The number of rotatable bonds is 3. The highest BCUT2D eigenvalue weighted by Crippen LogP contribution is 2.28. The molecule has 2 unspecified atom stereocenters. The van der Waals surface area contributed by atoms with E-state index in [9.17, 15) is 4.79 Å². The van der Waals surface area contributed by atoms with Gasteiger partial charge in [-0.25, -0.2) is 0 Å². The lowest BCUT2D eigenvalue weighted by Crippen LogP contribution is -2.50. The second kappa shape index (κ2) is 5.83. The number of piperidine rings is 1. The fraction of sp³-hybridized carbons (Fsp3) is 0.923. The smallest absolute Gasteiger partial charge is 0.305 e. The average molecular weight is 240 g/mol. The maximum atomic E-state index is 11.3. The first-order chi connectivity index (χ1) is 8.19. The number of methoxy groups -OCH3 is 1. The first-order valence-corrected chi connectivity index (χ1v) is 6.75. The van der Waals surface area contributed by atoms with Crippen molar-refractivity contribution in [2.45, 2.75) is 50.6 Å². The number of nitrogens with zero attached hydrogens (tertiary/aromatic N) is 1. The van der Waals surface area contributed by atoms with Gasteiger partial charge in [-0.05, 0) is 25.2 Å². The van der Waals surface area contributed by atoms with Crippen LogP contribution in [0.15, 0.2) is 0 Å². The molecule has 0 aromatic rings. The van der Waals surface area contributed by atoms with Crippen LogP contribution in [0.4, 0.5) is 0 Å². The van der Waals surface area contributed by atoms with E-state index < -0.39 is 0 Å². The predicted molar refractivity (Wildman–Crippen MR) is 66.5 cm³/mol. The first-order valence-electron chi connectivity index (χ1n) is 6.75. The van der Waals surface area contributed by atoms with E-state index in [4.69, 9.17) is 10.5 Å². The Morgan fingerprint density at radius 2 is 2.06 bits per heavy atom. The van der Waals surface area contributed by atoms with Gasteiger partial charge < -0.3 is 10.5 Å². The third-order valence-corrected chi connectivity index (χ3v) is 4.12. The van der Waals surface area contributed by atoms with Crippen LogP contribution in [0.3, 0.4) is 0 Å². The van der Waals surface area contributed by atoms with Crippen LogP contribution in [-0.2, 0) is 9.53 Å². The zero-order valence-corrected chi connectivity index (χ0v) is 10.7. The van der Waals surface area contributed by atoms with Crippen molar-refractivity contribution in [3.63, 3.8) is 0 Å². The SMILES string of the molecule is COC(=O)CC1CC(N)CN(C2CCCC2)C1. The van der Waals surface area contributed by atoms with Gasteiger partial charge in [-0.2, -0.15) is 0 Å². The van der Waals surface area contributed by atoms with Crippen molar-refractivity contribution in [2.75, 3.05) is 20.2 Å². The van der Waals surface area contributed by atoms with Crippen LogP contribution < -0.4 is 5.73 Å². The van der Waals surface area contributed by atoms with Crippen molar-refractivity contribution in [2.24, 2.45) is 11.7 Å². The number of ether oxygens (including phenoxy) is 1. The van der Waals surface area contributed by atoms with E-state index in [1.165, 1.54) is 32.8 Å². The molecule has 2 atom stereocenters. The fourth-order valence-corrected chi connectivity index (χ4v) is 3.32. The summed E-state index contributed by atoms with van der Waals surface area (Å²) in [7, 11) is 1.46. The van der Waals surface area contributed by atoms with Crippen molar-refractivity contribution >= 4 is 5.97 Å². The van der Waals surface area contributed by atoms with Gasteiger partial charge in [0, 0.05) is 31.6 Å². The van der Waals surface area contributed by atoms with E-state index in [1.54, 1.807) is 0 Å². The summed E-state index contributed by atoms with van der Waals surface area (Å²) >= 11 is 0. The van der Waals surface area contributed by atoms with Crippen molar-refractivity contribution in [1.82, 2.24) is 4.90 Å². The molecule has 17 heavy (non-hydrogen) atoms. The summed E-state index contributed by atoms with van der Waals surface area (Å²) in [6.45, 7) is 2.02. The molecule has 2 rings (SSSR count). The summed E-state index contributed by atoms with van der Waals surface area (Å²) in [4.78, 5) is 13.8. The fourth-order valence-electron chi connectivity index (χ4n) is 3.32. The minimum absolute atomic E-state index is 0.101. The molecule has 0 radical (unpaired) electrons. The maximum absolute atomic E-state index is 11.3. The zero-order valence-electron chi connectivity index (χ0n) is 10.7. The molecule has 4 heteroatoms. The topological polar surface area (TPSA) is 55.6 Å². The molecule has 2 N–H and O–H groups in total. The summed E-state index contributed by atoms with van der Waals surface area (Å²) in [6.07, 6.45) is 6.78. The Morgan fingerprint density at radius 1 is 1.35 bits per heavy atom. The summed E-state index contributed by atoms with van der Waals surface area (Å²) in [5.41, 5.74) is 6.11. The molecular formula is C13H24N2O2. The number of carbonyl (C=O) groups is 1. The van der Waals surface area contributed by atoms with Crippen LogP contribution in [0.1, 0.15) is 38.5 Å². The molecule has 0 bridgehead atoms. The molecule has 0 spiro atoms. The molecule has 1 heterocycles. The van der Waals surface area contributed by atoms with Gasteiger partial charge in [-0.3, -0.25) is 9.69 Å². The molecule has 2 fully saturated rings. The van der Waals surface area contributed by atoms with Gasteiger partial charge in [0.15, 0.2) is 0 Å². The molecule has 1 saturated heterocycles. The van der Waals surface area contributed by atoms with Gasteiger partial charge in [-0.1, -0.05) is 12.8 Å². The molecule has 4 nitrogen and oxygen atoms in total. The van der Waals surface area contributed by atoms with Gasteiger partial charge in [0.2, 0.25) is 0 Å². The Hall–Kier alpha value is -0.610. The van der Waals surface area contributed by atoms with E-state index in [-0.39, 0.29) is 12.0 Å². The molecular weight excluding hydrogens is 216 g/mol. The van der Waals surface area contributed by atoms with E-state index in [2.05, 4.69) is 4.90 Å². The summed E-state index contributed by atoms with van der Waals surface area (Å²) in [6, 6.07) is 0.931. The lowest BCUT2D eigenvalue weighted by atomic mass is 9.90. The third-order valence-electron chi connectivity index (χ3n) is 4.12. The Kier molecular flexibility index (Phi) is 4.40. The van der Waals surface area contributed by atoms with Gasteiger partial charge in [0.05, 0.1) is 7.11 Å². The minimum Gasteiger partial charge on any atom is -0.469 e. The molecule has 1 aliphatic heterocycles. The Bertz CT molecular complexity index is 264. The van der Waals surface area contributed by atoms with Crippen molar-refractivity contribution in [3.8, 4) is 0 Å². The third kappa shape index (κ3) is 3.42.